The van der Waals surface area contributed by atoms with Crippen LogP contribution in [0.15, 0.2) is 67.0 Å². The number of carbonyl (C=O) groups is 1. The summed E-state index contributed by atoms with van der Waals surface area (Å²) in [6, 6.07) is 17.2. The highest BCUT2D eigenvalue weighted by Gasteiger charge is 2.16. The van der Waals surface area contributed by atoms with E-state index in [1.807, 2.05) is 49.4 Å². The molecule has 0 radical (unpaired) electrons. The molecule has 1 N–H and O–H groups in total. The Kier molecular flexibility index (Phi) is 5.81. The Morgan fingerprint density at radius 1 is 1.04 bits per heavy atom. The topological polar surface area (TPSA) is 58.1 Å². The maximum Gasteiger partial charge on any atom is 0.274 e. The first-order chi connectivity index (χ1) is 12.7. The van der Waals surface area contributed by atoms with Crippen molar-refractivity contribution in [2.45, 2.75) is 13.5 Å². The molecule has 0 fully saturated rings. The molecular formula is C20H19ClN4O. The van der Waals surface area contributed by atoms with Gasteiger partial charge in [-0.2, -0.15) is 0 Å². The number of hydrogen-bond donors (Lipinski definition) is 1. The number of rotatable bonds is 6. The number of nitrogens with one attached hydrogen (secondary N) is 1. The number of nitrogens with zero attached hydrogens (tertiary/aromatic N) is 3. The Bertz CT molecular complexity index is 851. The van der Waals surface area contributed by atoms with Gasteiger partial charge in [0.1, 0.15) is 11.5 Å². The minimum atomic E-state index is -0.137. The zero-order chi connectivity index (χ0) is 18.4. The third kappa shape index (κ3) is 4.58. The highest BCUT2D eigenvalue weighted by atomic mass is 35.5. The van der Waals surface area contributed by atoms with Crippen LogP contribution in [0.2, 0.25) is 5.02 Å². The van der Waals surface area contributed by atoms with Gasteiger partial charge in [0, 0.05) is 23.8 Å². The van der Waals surface area contributed by atoms with Crippen molar-refractivity contribution in [3.63, 3.8) is 0 Å². The molecule has 0 bridgehead atoms. The Balaban J connectivity index is 1.68. The lowest BCUT2D eigenvalue weighted by Crippen LogP contribution is -2.31. The predicted octanol–water partition coefficient (Wildman–Crippen LogP) is 4.54. The van der Waals surface area contributed by atoms with E-state index in [9.17, 15) is 4.79 Å². The van der Waals surface area contributed by atoms with Crippen LogP contribution >= 0.6 is 11.6 Å². The lowest BCUT2D eigenvalue weighted by atomic mass is 10.2. The number of halogens is 1. The SMILES string of the molecule is CCN(Cc1ccccc1)C(=O)c1cnc(Nc2ccc(Cl)cc2)cn1. The molecule has 1 amide bonds. The molecule has 2 aromatic carbocycles. The second-order valence-electron chi connectivity index (χ2n) is 5.72. The second-order valence-corrected chi connectivity index (χ2v) is 6.16. The number of benzene rings is 2. The lowest BCUT2D eigenvalue weighted by Gasteiger charge is -2.20. The average molecular weight is 367 g/mol. The molecule has 6 heteroatoms. The Hall–Kier alpha value is -2.92. The molecule has 0 saturated heterocycles. The molecule has 26 heavy (non-hydrogen) atoms. The van der Waals surface area contributed by atoms with Gasteiger partial charge in [0.15, 0.2) is 0 Å². The average Bonchev–Trinajstić information content (AvgIpc) is 2.69. The number of aromatic nitrogens is 2. The van der Waals surface area contributed by atoms with Gasteiger partial charge in [-0.05, 0) is 36.8 Å². The fourth-order valence-corrected chi connectivity index (χ4v) is 2.60. The third-order valence-electron chi connectivity index (χ3n) is 3.87. The summed E-state index contributed by atoms with van der Waals surface area (Å²) >= 11 is 5.87. The van der Waals surface area contributed by atoms with E-state index in [-0.39, 0.29) is 5.91 Å². The maximum absolute atomic E-state index is 12.7. The van der Waals surface area contributed by atoms with Crippen molar-refractivity contribution in [3.8, 4) is 0 Å². The zero-order valence-electron chi connectivity index (χ0n) is 14.4. The van der Waals surface area contributed by atoms with Gasteiger partial charge in [-0.25, -0.2) is 9.97 Å². The highest BCUT2D eigenvalue weighted by Crippen LogP contribution is 2.17. The van der Waals surface area contributed by atoms with E-state index in [1.54, 1.807) is 23.2 Å². The molecule has 3 rings (SSSR count). The summed E-state index contributed by atoms with van der Waals surface area (Å²) in [7, 11) is 0. The predicted molar refractivity (Wildman–Crippen MR) is 104 cm³/mol. The molecule has 0 unspecified atom stereocenters. The van der Waals surface area contributed by atoms with E-state index >= 15 is 0 Å². The third-order valence-corrected chi connectivity index (χ3v) is 4.12. The number of anilines is 2. The summed E-state index contributed by atoms with van der Waals surface area (Å²) < 4.78 is 0. The summed E-state index contributed by atoms with van der Waals surface area (Å²) in [4.78, 5) is 23.0. The van der Waals surface area contributed by atoms with Gasteiger partial charge >= 0.3 is 0 Å². The Morgan fingerprint density at radius 3 is 2.38 bits per heavy atom. The summed E-state index contributed by atoms with van der Waals surface area (Å²) in [6.45, 7) is 3.09. The molecule has 132 valence electrons. The number of hydrogen-bond acceptors (Lipinski definition) is 4. The second kappa shape index (κ2) is 8.45. The van der Waals surface area contributed by atoms with Gasteiger partial charge in [0.2, 0.25) is 0 Å². The van der Waals surface area contributed by atoms with Gasteiger partial charge in [-0.15, -0.1) is 0 Å². The highest BCUT2D eigenvalue weighted by molar-refractivity contribution is 6.30. The van der Waals surface area contributed by atoms with Crippen LogP contribution in [-0.4, -0.2) is 27.3 Å². The normalized spacial score (nSPS) is 10.4. The lowest BCUT2D eigenvalue weighted by molar-refractivity contribution is 0.0746. The van der Waals surface area contributed by atoms with Crippen molar-refractivity contribution in [3.05, 3.63) is 83.3 Å². The minimum absolute atomic E-state index is 0.137. The molecule has 1 aromatic heterocycles. The van der Waals surface area contributed by atoms with Gasteiger partial charge in [0.05, 0.1) is 12.4 Å². The fraction of sp³-hybridized carbons (Fsp3) is 0.150. The fourth-order valence-electron chi connectivity index (χ4n) is 2.48. The van der Waals surface area contributed by atoms with E-state index in [1.165, 1.54) is 6.20 Å². The molecule has 0 atom stereocenters. The monoisotopic (exact) mass is 366 g/mol. The molecule has 1 heterocycles. The summed E-state index contributed by atoms with van der Waals surface area (Å²) in [6.07, 6.45) is 3.05. The van der Waals surface area contributed by atoms with Crippen LogP contribution in [0.25, 0.3) is 0 Å². The smallest absolute Gasteiger partial charge is 0.274 e. The largest absolute Gasteiger partial charge is 0.339 e. The quantitative estimate of drug-likeness (QED) is 0.696. The molecule has 0 spiro atoms. The molecule has 0 saturated carbocycles. The molecular weight excluding hydrogens is 348 g/mol. The Morgan fingerprint density at radius 2 is 1.77 bits per heavy atom. The van der Waals surface area contributed by atoms with Gasteiger partial charge in [-0.1, -0.05) is 41.9 Å². The van der Waals surface area contributed by atoms with E-state index in [0.29, 0.717) is 29.6 Å². The Labute approximate surface area is 157 Å². The van der Waals surface area contributed by atoms with Crippen LogP contribution in [0.4, 0.5) is 11.5 Å². The van der Waals surface area contributed by atoms with Crippen LogP contribution < -0.4 is 5.32 Å². The van der Waals surface area contributed by atoms with Crippen LogP contribution in [0.5, 0.6) is 0 Å². The minimum Gasteiger partial charge on any atom is -0.339 e. The van der Waals surface area contributed by atoms with Gasteiger partial charge < -0.3 is 10.2 Å². The number of amides is 1. The standard InChI is InChI=1S/C20H19ClN4O/c1-2-25(14-15-6-4-3-5-7-15)20(26)18-12-23-19(13-22-18)24-17-10-8-16(21)9-11-17/h3-13H,2,14H2,1H3,(H,23,24). The van der Waals surface area contributed by atoms with Crippen LogP contribution in [-0.2, 0) is 6.54 Å². The first kappa shape index (κ1) is 17.9. The van der Waals surface area contributed by atoms with Crippen molar-refractivity contribution in [2.24, 2.45) is 0 Å². The van der Waals surface area contributed by atoms with Crippen LogP contribution in [0, 0.1) is 0 Å². The first-order valence-corrected chi connectivity index (χ1v) is 8.71. The zero-order valence-corrected chi connectivity index (χ0v) is 15.1. The molecule has 0 aliphatic carbocycles. The van der Waals surface area contributed by atoms with Crippen molar-refractivity contribution in [2.75, 3.05) is 11.9 Å². The van der Waals surface area contributed by atoms with Crippen molar-refractivity contribution < 1.29 is 4.79 Å². The van der Waals surface area contributed by atoms with Crippen LogP contribution in [0.1, 0.15) is 23.0 Å². The molecule has 3 aromatic rings. The summed E-state index contributed by atoms with van der Waals surface area (Å²) in [5.41, 5.74) is 2.25. The van der Waals surface area contributed by atoms with Crippen molar-refractivity contribution in [1.29, 1.82) is 0 Å². The van der Waals surface area contributed by atoms with Crippen molar-refractivity contribution >= 4 is 29.0 Å². The first-order valence-electron chi connectivity index (χ1n) is 8.33. The van der Waals surface area contributed by atoms with Gasteiger partial charge in [-0.3, -0.25) is 4.79 Å². The van der Waals surface area contributed by atoms with E-state index in [0.717, 1.165) is 11.3 Å². The van der Waals surface area contributed by atoms with E-state index in [2.05, 4.69) is 15.3 Å². The van der Waals surface area contributed by atoms with E-state index in [4.69, 9.17) is 11.6 Å². The van der Waals surface area contributed by atoms with Crippen LogP contribution in [0.3, 0.4) is 0 Å². The molecule has 0 aliphatic rings. The summed E-state index contributed by atoms with van der Waals surface area (Å²) in [5.74, 6) is 0.428. The number of carbonyl (C=O) groups excluding carboxylic acids is 1. The van der Waals surface area contributed by atoms with E-state index < -0.39 is 0 Å². The molecule has 0 aliphatic heterocycles. The van der Waals surface area contributed by atoms with Gasteiger partial charge in [0.25, 0.3) is 5.91 Å². The maximum atomic E-state index is 12.7. The molecule has 5 nitrogen and oxygen atoms in total. The summed E-state index contributed by atoms with van der Waals surface area (Å²) in [5, 5.41) is 3.79. The van der Waals surface area contributed by atoms with Crippen molar-refractivity contribution in [1.82, 2.24) is 14.9 Å².